The molecule has 0 saturated carbocycles. The van der Waals surface area contributed by atoms with Gasteiger partial charge in [0.05, 0.1) is 9.79 Å². The maximum Gasteiger partial charge on any atom is 0.266 e. The molecule has 4 rings (SSSR count). The zero-order chi connectivity index (χ0) is 26.5. The molecular weight excluding hydrogens is 533 g/mol. The van der Waals surface area contributed by atoms with Crippen LogP contribution in [-0.4, -0.2) is 21.7 Å². The van der Waals surface area contributed by atoms with Gasteiger partial charge >= 0.3 is 0 Å². The van der Waals surface area contributed by atoms with Gasteiger partial charge in [0, 0.05) is 16.8 Å². The van der Waals surface area contributed by atoms with Crippen molar-refractivity contribution in [1.29, 1.82) is 0 Å². The zero-order valence-electron chi connectivity index (χ0n) is 18.3. The smallest absolute Gasteiger partial charge is 0.225 e. The van der Waals surface area contributed by atoms with Crippen LogP contribution in [0.5, 0.6) is 0 Å². The lowest BCUT2D eigenvalue weighted by molar-refractivity contribution is 0.425. The number of hydrogen-bond acceptors (Lipinski definition) is 5. The molecule has 0 amide bonds. The highest BCUT2D eigenvalue weighted by atomic mass is 32.2. The summed E-state index contributed by atoms with van der Waals surface area (Å²) in [4.78, 5) is 1.17. The highest BCUT2D eigenvalue weighted by molar-refractivity contribution is 7.89. The van der Waals surface area contributed by atoms with E-state index in [-0.39, 0.29) is 9.79 Å². The van der Waals surface area contributed by atoms with Crippen molar-refractivity contribution < 1.29 is 30.1 Å². The zero-order valence-corrected chi connectivity index (χ0v) is 20.8. The highest BCUT2D eigenvalue weighted by Gasteiger charge is 2.19. The van der Waals surface area contributed by atoms with Gasteiger partial charge in [-0.15, -0.1) is 4.48 Å². The quantitative estimate of drug-likeness (QED) is 0.356. The third-order valence-corrected chi connectivity index (χ3v) is 7.38. The summed E-state index contributed by atoms with van der Waals surface area (Å²) in [5, 5.41) is 4.83. The Bertz CT molecular complexity index is 1520. The second-order valence-corrected chi connectivity index (χ2v) is 11.2. The number of hydrogen-bond donors (Lipinski definition) is 2. The van der Waals surface area contributed by atoms with Crippen LogP contribution in [0.3, 0.4) is 0 Å². The number of rotatable bonds is 5. The maximum atomic E-state index is 13.4. The first-order valence-corrected chi connectivity index (χ1v) is 13.5. The number of primary sulfonamides is 1. The molecular formula is C24H19F3N2O4S3. The van der Waals surface area contributed by atoms with E-state index in [0.29, 0.717) is 21.6 Å². The number of benzene rings is 3. The fourth-order valence-electron chi connectivity index (χ4n) is 3.28. The third-order valence-electron chi connectivity index (χ3n) is 4.99. The molecule has 3 aromatic carbocycles. The number of nitrogens with one attached hydrogen (secondary N) is 1. The summed E-state index contributed by atoms with van der Waals surface area (Å²) in [5.74, 6) is -1.79. The molecule has 0 aliphatic heterocycles. The van der Waals surface area contributed by atoms with Gasteiger partial charge in [-0.1, -0.05) is 54.7 Å². The summed E-state index contributed by atoms with van der Waals surface area (Å²) >= 11 is 5.35. The van der Waals surface area contributed by atoms with E-state index in [1.54, 1.807) is 36.4 Å². The van der Waals surface area contributed by atoms with Crippen molar-refractivity contribution in [2.24, 2.45) is 5.14 Å². The van der Waals surface area contributed by atoms with E-state index in [4.69, 9.17) is 17.4 Å². The summed E-state index contributed by atoms with van der Waals surface area (Å²) in [6.07, 6.45) is 5.14. The Labute approximate surface area is 212 Å². The molecule has 1 aliphatic rings. The van der Waals surface area contributed by atoms with E-state index in [1.807, 2.05) is 0 Å². The largest absolute Gasteiger partial charge is 0.266 e. The predicted octanol–water partition coefficient (Wildman–Crippen LogP) is 4.57. The van der Waals surface area contributed by atoms with Crippen LogP contribution in [-0.2, 0) is 20.0 Å². The molecule has 36 heavy (non-hydrogen) atoms. The molecule has 0 saturated heterocycles. The maximum absolute atomic E-state index is 13.4. The summed E-state index contributed by atoms with van der Waals surface area (Å²) in [6, 6.07) is 16.7. The molecule has 1 unspecified atom stereocenters. The van der Waals surface area contributed by atoms with Crippen LogP contribution in [0.1, 0.15) is 17.0 Å². The number of halogens is 3. The lowest BCUT2D eigenvalue weighted by atomic mass is 9.88. The standard InChI is InChI=1S/C18H12F3NO2S2.C6H7NO2S/c19-14-7-13(8-15(20)10-14)17-6-3-12(9-18(17)25)11-1-4-16(5-2-11)26(23,24)22-21;7-10(8,9)6-4-2-1-3-5-6/h1-10,17,22H;1-5H,(H2,7,8,9). The molecule has 0 spiro atoms. The van der Waals surface area contributed by atoms with Crippen LogP contribution in [0.4, 0.5) is 13.3 Å². The van der Waals surface area contributed by atoms with Gasteiger partial charge in [0.1, 0.15) is 11.6 Å². The molecule has 0 bridgehead atoms. The summed E-state index contributed by atoms with van der Waals surface area (Å²) in [7, 11) is -7.66. The SMILES string of the molecule is NS(=O)(=O)c1ccccc1.O=S(=O)(NF)c1ccc(C2=CC(=S)C(c3cc(F)cc(F)c3)C=C2)cc1. The normalized spacial score (nSPS) is 15.6. The van der Waals surface area contributed by atoms with Gasteiger partial charge < -0.3 is 0 Å². The summed E-state index contributed by atoms with van der Waals surface area (Å²) in [5.41, 5.74) is 1.79. The van der Waals surface area contributed by atoms with E-state index in [0.717, 1.165) is 11.0 Å². The fourth-order valence-corrected chi connectivity index (χ4v) is 4.74. The first kappa shape index (κ1) is 27.4. The van der Waals surface area contributed by atoms with Crippen LogP contribution in [0.25, 0.3) is 5.57 Å². The molecule has 12 heteroatoms. The van der Waals surface area contributed by atoms with Gasteiger partial charge in [-0.25, -0.2) is 30.8 Å². The van der Waals surface area contributed by atoms with Crippen LogP contribution in [0, 0.1) is 11.6 Å². The summed E-state index contributed by atoms with van der Waals surface area (Å²) < 4.78 is 83.1. The van der Waals surface area contributed by atoms with Gasteiger partial charge in [0.15, 0.2) is 0 Å². The lowest BCUT2D eigenvalue weighted by Crippen LogP contribution is -2.14. The van der Waals surface area contributed by atoms with Crippen molar-refractivity contribution in [3.63, 3.8) is 0 Å². The number of nitrogens with two attached hydrogens (primary N) is 1. The molecule has 3 N–H and O–H groups in total. The Morgan fingerprint density at radius 2 is 1.42 bits per heavy atom. The minimum atomic E-state index is -4.16. The van der Waals surface area contributed by atoms with Crippen molar-refractivity contribution in [2.45, 2.75) is 15.7 Å². The monoisotopic (exact) mass is 552 g/mol. The van der Waals surface area contributed by atoms with Crippen LogP contribution >= 0.6 is 12.2 Å². The average molecular weight is 553 g/mol. The van der Waals surface area contributed by atoms with Gasteiger partial charge in [0.25, 0.3) is 10.0 Å². The van der Waals surface area contributed by atoms with E-state index in [2.05, 4.69) is 0 Å². The molecule has 3 aromatic rings. The highest BCUT2D eigenvalue weighted by Crippen LogP contribution is 2.30. The van der Waals surface area contributed by atoms with Gasteiger partial charge in [-0.2, -0.15) is 0 Å². The first-order chi connectivity index (χ1) is 16.9. The predicted molar refractivity (Wildman–Crippen MR) is 135 cm³/mol. The van der Waals surface area contributed by atoms with Crippen LogP contribution in [0.2, 0.25) is 0 Å². The Hall–Kier alpha value is -3.16. The Morgan fingerprint density at radius 3 is 1.89 bits per heavy atom. The molecule has 0 radical (unpaired) electrons. The van der Waals surface area contributed by atoms with E-state index in [1.165, 1.54) is 48.5 Å². The number of allylic oxidation sites excluding steroid dienone is 4. The van der Waals surface area contributed by atoms with Crippen LogP contribution in [0.15, 0.2) is 101 Å². The molecule has 0 fully saturated rings. The van der Waals surface area contributed by atoms with E-state index >= 15 is 0 Å². The van der Waals surface area contributed by atoms with Crippen molar-refractivity contribution in [3.05, 3.63) is 114 Å². The summed E-state index contributed by atoms with van der Waals surface area (Å²) in [6.45, 7) is 0. The van der Waals surface area contributed by atoms with Crippen molar-refractivity contribution in [3.8, 4) is 0 Å². The lowest BCUT2D eigenvalue weighted by Gasteiger charge is -2.18. The Kier molecular flexibility index (Phi) is 8.59. The van der Waals surface area contributed by atoms with Gasteiger partial charge in [-0.3, -0.25) is 0 Å². The Morgan fingerprint density at radius 1 is 0.833 bits per heavy atom. The van der Waals surface area contributed by atoms with Crippen molar-refractivity contribution >= 4 is 42.7 Å². The van der Waals surface area contributed by atoms with Crippen molar-refractivity contribution in [1.82, 2.24) is 4.94 Å². The topological polar surface area (TPSA) is 106 Å². The molecule has 1 atom stereocenters. The van der Waals surface area contributed by atoms with Gasteiger partial charge in [-0.05, 0) is 64.1 Å². The molecule has 0 heterocycles. The second kappa shape index (κ2) is 11.3. The molecule has 188 valence electrons. The molecule has 6 nitrogen and oxygen atoms in total. The van der Waals surface area contributed by atoms with E-state index < -0.39 is 37.6 Å². The van der Waals surface area contributed by atoms with Crippen molar-refractivity contribution in [2.75, 3.05) is 0 Å². The fraction of sp³-hybridized carbons (Fsp3) is 0.0417. The Balaban J connectivity index is 0.000000303. The average Bonchev–Trinajstić information content (AvgIpc) is 2.84. The number of sulfonamides is 2. The minimum Gasteiger partial charge on any atom is -0.225 e. The van der Waals surface area contributed by atoms with Crippen LogP contribution < -0.4 is 10.1 Å². The first-order valence-electron chi connectivity index (χ1n) is 10.1. The van der Waals surface area contributed by atoms with Gasteiger partial charge in [0.2, 0.25) is 10.0 Å². The molecule has 0 aromatic heterocycles. The minimum absolute atomic E-state index is 0.148. The van der Waals surface area contributed by atoms with E-state index in [9.17, 15) is 30.1 Å². The molecule has 1 aliphatic carbocycles. The third kappa shape index (κ3) is 6.95. The number of thiocarbonyl (C=S) groups is 1. The second-order valence-electron chi connectivity index (χ2n) is 7.50.